The lowest BCUT2D eigenvalue weighted by molar-refractivity contribution is 0.0699. The lowest BCUT2D eigenvalue weighted by atomic mass is 10.1. The van der Waals surface area contributed by atoms with E-state index in [0.717, 1.165) is 10.0 Å². The summed E-state index contributed by atoms with van der Waals surface area (Å²) in [5.41, 5.74) is 1.33. The van der Waals surface area contributed by atoms with E-state index in [-0.39, 0.29) is 16.8 Å². The molecule has 0 saturated carbocycles. The van der Waals surface area contributed by atoms with Crippen LogP contribution in [0.3, 0.4) is 0 Å². The molecule has 120 valence electrons. The number of hydrogen-bond donors (Lipinski definition) is 2. The molecule has 2 N–H and O–H groups in total. The number of carboxylic acids is 1. The van der Waals surface area contributed by atoms with Gasteiger partial charge in [-0.25, -0.2) is 14.8 Å². The molecule has 0 aliphatic rings. The predicted octanol–water partition coefficient (Wildman–Crippen LogP) is 3.92. The Bertz CT molecular complexity index is 895. The predicted molar refractivity (Wildman–Crippen MR) is 94.4 cm³/mol. The average molecular weight is 404 g/mol. The van der Waals surface area contributed by atoms with Gasteiger partial charge in [-0.15, -0.1) is 11.3 Å². The number of carbonyl (C=O) groups excluding carboxylic acids is 1. The van der Waals surface area contributed by atoms with Crippen molar-refractivity contribution in [1.82, 2.24) is 9.97 Å². The molecule has 8 heteroatoms. The van der Waals surface area contributed by atoms with Gasteiger partial charge in [0.2, 0.25) is 0 Å². The standard InChI is InChI=1S/C16H10BrN3O3S/c17-11-3-1-9(2-4-11)14-13(16(22)23)12(7-24-14)20-15(21)10-5-18-8-19-6-10/h1-8H,(H,20,21)(H,22,23). The Kier molecular flexibility index (Phi) is 4.68. The fourth-order valence-electron chi connectivity index (χ4n) is 2.09. The van der Waals surface area contributed by atoms with Crippen molar-refractivity contribution in [3.05, 3.63) is 64.0 Å². The lowest BCUT2D eigenvalue weighted by Crippen LogP contribution is -2.14. The van der Waals surface area contributed by atoms with E-state index in [0.29, 0.717) is 4.88 Å². The summed E-state index contributed by atoms with van der Waals surface area (Å²) in [5, 5.41) is 13.8. The van der Waals surface area contributed by atoms with Crippen LogP contribution >= 0.6 is 27.3 Å². The Hall–Kier alpha value is -2.58. The van der Waals surface area contributed by atoms with Crippen LogP contribution in [0.15, 0.2) is 52.8 Å². The minimum atomic E-state index is -1.10. The molecule has 1 amide bonds. The molecule has 0 aliphatic heterocycles. The summed E-state index contributed by atoms with van der Waals surface area (Å²) in [6.07, 6.45) is 4.05. The first-order chi connectivity index (χ1) is 11.6. The second-order valence-electron chi connectivity index (χ2n) is 4.75. The summed E-state index contributed by atoms with van der Waals surface area (Å²) in [4.78, 5) is 32.0. The van der Waals surface area contributed by atoms with Gasteiger partial charge in [-0.1, -0.05) is 28.1 Å². The van der Waals surface area contributed by atoms with Gasteiger partial charge in [0, 0.05) is 22.2 Å². The number of anilines is 1. The summed E-state index contributed by atoms with van der Waals surface area (Å²) in [7, 11) is 0. The third-order valence-corrected chi connectivity index (χ3v) is 4.74. The molecule has 0 fully saturated rings. The maximum absolute atomic E-state index is 12.2. The van der Waals surface area contributed by atoms with E-state index in [1.54, 1.807) is 5.38 Å². The molecule has 0 unspecified atom stereocenters. The number of nitrogens with one attached hydrogen (secondary N) is 1. The Labute approximate surface area is 149 Å². The summed E-state index contributed by atoms with van der Waals surface area (Å²) >= 11 is 4.61. The highest BCUT2D eigenvalue weighted by molar-refractivity contribution is 9.10. The number of carboxylic acid groups (broad SMARTS) is 1. The number of nitrogens with zero attached hydrogens (tertiary/aromatic N) is 2. The molecule has 0 aliphatic carbocycles. The van der Waals surface area contributed by atoms with E-state index < -0.39 is 11.9 Å². The molecule has 24 heavy (non-hydrogen) atoms. The zero-order valence-corrected chi connectivity index (χ0v) is 14.5. The van der Waals surface area contributed by atoms with Crippen molar-refractivity contribution < 1.29 is 14.7 Å². The first-order valence-electron chi connectivity index (χ1n) is 6.73. The van der Waals surface area contributed by atoms with Crippen LogP contribution in [0.5, 0.6) is 0 Å². The molecule has 0 saturated heterocycles. The zero-order chi connectivity index (χ0) is 17.1. The van der Waals surface area contributed by atoms with Crippen LogP contribution in [-0.4, -0.2) is 27.0 Å². The summed E-state index contributed by atoms with van der Waals surface area (Å²) in [6.45, 7) is 0. The van der Waals surface area contributed by atoms with E-state index in [1.807, 2.05) is 24.3 Å². The zero-order valence-electron chi connectivity index (χ0n) is 12.1. The van der Waals surface area contributed by atoms with Crippen molar-refractivity contribution in [3.63, 3.8) is 0 Å². The number of benzene rings is 1. The highest BCUT2D eigenvalue weighted by atomic mass is 79.9. The Balaban J connectivity index is 1.96. The Morgan fingerprint density at radius 1 is 1.12 bits per heavy atom. The summed E-state index contributed by atoms with van der Waals surface area (Å²) < 4.78 is 0.900. The number of thiophene rings is 1. The first-order valence-corrected chi connectivity index (χ1v) is 8.40. The summed E-state index contributed by atoms with van der Waals surface area (Å²) in [5.74, 6) is -1.56. The molecule has 0 atom stereocenters. The normalized spacial score (nSPS) is 10.4. The molecular weight excluding hydrogens is 394 g/mol. The van der Waals surface area contributed by atoms with E-state index in [1.165, 1.54) is 30.1 Å². The van der Waals surface area contributed by atoms with Crippen LogP contribution in [0.2, 0.25) is 0 Å². The minimum Gasteiger partial charge on any atom is -0.478 e. The molecule has 3 rings (SSSR count). The van der Waals surface area contributed by atoms with Crippen LogP contribution in [0.4, 0.5) is 5.69 Å². The number of carbonyl (C=O) groups is 2. The Morgan fingerprint density at radius 2 is 1.79 bits per heavy atom. The van der Waals surface area contributed by atoms with Crippen molar-refractivity contribution in [1.29, 1.82) is 0 Å². The van der Waals surface area contributed by atoms with Gasteiger partial charge in [0.05, 0.1) is 16.1 Å². The van der Waals surface area contributed by atoms with Gasteiger partial charge in [0.25, 0.3) is 5.91 Å². The van der Waals surface area contributed by atoms with Gasteiger partial charge >= 0.3 is 5.97 Å². The highest BCUT2D eigenvalue weighted by Gasteiger charge is 2.21. The number of amides is 1. The smallest absolute Gasteiger partial charge is 0.339 e. The fraction of sp³-hybridized carbons (Fsp3) is 0. The SMILES string of the molecule is O=C(Nc1csc(-c2ccc(Br)cc2)c1C(=O)O)c1cncnc1. The van der Waals surface area contributed by atoms with Crippen LogP contribution < -0.4 is 5.32 Å². The van der Waals surface area contributed by atoms with E-state index in [4.69, 9.17) is 0 Å². The number of halogens is 1. The molecule has 2 aromatic heterocycles. The second kappa shape index (κ2) is 6.90. The highest BCUT2D eigenvalue weighted by Crippen LogP contribution is 2.36. The quantitative estimate of drug-likeness (QED) is 0.688. The van der Waals surface area contributed by atoms with Gasteiger partial charge in [0.1, 0.15) is 11.9 Å². The summed E-state index contributed by atoms with van der Waals surface area (Å²) in [6, 6.07) is 7.30. The number of aromatic nitrogens is 2. The molecule has 3 aromatic rings. The van der Waals surface area contributed by atoms with Crippen molar-refractivity contribution in [2.75, 3.05) is 5.32 Å². The third kappa shape index (κ3) is 3.34. The van der Waals surface area contributed by atoms with Gasteiger partial charge in [-0.3, -0.25) is 4.79 Å². The molecule has 6 nitrogen and oxygen atoms in total. The van der Waals surface area contributed by atoms with Crippen molar-refractivity contribution in [2.45, 2.75) is 0 Å². The molecule has 0 bridgehead atoms. The van der Waals surface area contributed by atoms with Gasteiger partial charge < -0.3 is 10.4 Å². The molecule has 0 spiro atoms. The van der Waals surface area contributed by atoms with Gasteiger partial charge in [-0.05, 0) is 17.7 Å². The van der Waals surface area contributed by atoms with Crippen molar-refractivity contribution in [3.8, 4) is 10.4 Å². The molecule has 0 radical (unpaired) electrons. The van der Waals surface area contributed by atoms with Crippen LogP contribution in [0, 0.1) is 0 Å². The average Bonchev–Trinajstić information content (AvgIpc) is 3.00. The topological polar surface area (TPSA) is 92.2 Å². The molecule has 1 aromatic carbocycles. The second-order valence-corrected chi connectivity index (χ2v) is 6.54. The van der Waals surface area contributed by atoms with Crippen LogP contribution in [0.1, 0.15) is 20.7 Å². The van der Waals surface area contributed by atoms with Gasteiger partial charge in [0.15, 0.2) is 0 Å². The molecule has 2 heterocycles. The maximum Gasteiger partial charge on any atom is 0.339 e. The maximum atomic E-state index is 12.2. The van der Waals surface area contributed by atoms with Crippen molar-refractivity contribution >= 4 is 44.8 Å². The lowest BCUT2D eigenvalue weighted by Gasteiger charge is -2.06. The fourth-order valence-corrected chi connectivity index (χ4v) is 3.35. The number of aromatic carboxylic acids is 1. The van der Waals surface area contributed by atoms with Crippen molar-refractivity contribution in [2.24, 2.45) is 0 Å². The number of rotatable bonds is 4. The van der Waals surface area contributed by atoms with Crippen LogP contribution in [-0.2, 0) is 0 Å². The Morgan fingerprint density at radius 3 is 2.42 bits per heavy atom. The van der Waals surface area contributed by atoms with E-state index >= 15 is 0 Å². The number of hydrogen-bond acceptors (Lipinski definition) is 5. The third-order valence-electron chi connectivity index (χ3n) is 3.18. The van der Waals surface area contributed by atoms with E-state index in [9.17, 15) is 14.7 Å². The minimum absolute atomic E-state index is 0.0625. The monoisotopic (exact) mass is 403 g/mol. The molecular formula is C16H10BrN3O3S. The van der Waals surface area contributed by atoms with Gasteiger partial charge in [-0.2, -0.15) is 0 Å². The van der Waals surface area contributed by atoms with E-state index in [2.05, 4.69) is 31.2 Å². The largest absolute Gasteiger partial charge is 0.478 e. The van der Waals surface area contributed by atoms with Crippen LogP contribution in [0.25, 0.3) is 10.4 Å². The first kappa shape index (κ1) is 16.3.